The molecule has 1 aromatic carbocycles. The van der Waals surface area contributed by atoms with Crippen molar-refractivity contribution in [2.75, 3.05) is 31.6 Å². The number of carbonyl (C=O) groups is 1. The van der Waals surface area contributed by atoms with Crippen molar-refractivity contribution < 1.29 is 14.3 Å². The van der Waals surface area contributed by atoms with Crippen LogP contribution in [0.1, 0.15) is 23.3 Å². The number of nitrogens with one attached hydrogen (secondary N) is 1. The van der Waals surface area contributed by atoms with Crippen LogP contribution in [-0.2, 0) is 9.47 Å². The molecule has 1 spiro atoms. The summed E-state index contributed by atoms with van der Waals surface area (Å²) in [4.78, 5) is 18.8. The average molecular weight is 374 g/mol. The fourth-order valence-electron chi connectivity index (χ4n) is 3.33. The van der Waals surface area contributed by atoms with Crippen molar-refractivity contribution in [1.29, 1.82) is 0 Å². The molecule has 1 amide bonds. The van der Waals surface area contributed by atoms with Gasteiger partial charge in [0.1, 0.15) is 5.69 Å². The summed E-state index contributed by atoms with van der Waals surface area (Å²) in [7, 11) is 0. The average Bonchev–Trinajstić information content (AvgIpc) is 3.11. The second-order valence-electron chi connectivity index (χ2n) is 6.47. The van der Waals surface area contributed by atoms with Gasteiger partial charge in [-0.1, -0.05) is 17.7 Å². The van der Waals surface area contributed by atoms with E-state index in [2.05, 4.69) is 10.3 Å². The van der Waals surface area contributed by atoms with Crippen molar-refractivity contribution in [1.82, 2.24) is 9.88 Å². The van der Waals surface area contributed by atoms with Crippen molar-refractivity contribution in [3.05, 3.63) is 53.3 Å². The third-order valence-corrected chi connectivity index (χ3v) is 4.96. The molecule has 0 radical (unpaired) electrons. The van der Waals surface area contributed by atoms with Crippen molar-refractivity contribution in [3.63, 3.8) is 0 Å². The van der Waals surface area contributed by atoms with Gasteiger partial charge in [0.05, 0.1) is 25.1 Å². The molecule has 1 N–H and O–H groups in total. The zero-order chi connectivity index (χ0) is 18.0. The number of halogens is 1. The Morgan fingerprint density at radius 2 is 1.88 bits per heavy atom. The molecular weight excluding hydrogens is 354 g/mol. The van der Waals surface area contributed by atoms with E-state index >= 15 is 0 Å². The Labute approximate surface area is 157 Å². The summed E-state index contributed by atoms with van der Waals surface area (Å²) in [5.74, 6) is -0.540. The summed E-state index contributed by atoms with van der Waals surface area (Å²) >= 11 is 5.99. The number of amides is 1. The van der Waals surface area contributed by atoms with E-state index in [0.29, 0.717) is 49.9 Å². The normalized spacial score (nSPS) is 18.9. The number of hydrogen-bond acceptors (Lipinski definition) is 5. The lowest BCUT2D eigenvalue weighted by Gasteiger charge is -2.37. The highest BCUT2D eigenvalue weighted by Crippen LogP contribution is 2.31. The number of hydrogen-bond donors (Lipinski definition) is 1. The van der Waals surface area contributed by atoms with Gasteiger partial charge in [-0.15, -0.1) is 0 Å². The quantitative estimate of drug-likeness (QED) is 0.892. The van der Waals surface area contributed by atoms with E-state index in [9.17, 15) is 4.79 Å². The first-order chi connectivity index (χ1) is 12.6. The van der Waals surface area contributed by atoms with Crippen molar-refractivity contribution >= 4 is 28.9 Å². The standard InChI is InChI=1S/C19H20ClN3O3/c20-14-2-1-3-15(12-14)22-16-4-5-17(21-13-16)18(24)23-8-6-19(7-9-23)25-10-11-26-19/h1-5,12-13,22H,6-11H2. The van der Waals surface area contributed by atoms with Crippen LogP contribution in [0.4, 0.5) is 11.4 Å². The maximum atomic E-state index is 12.7. The Bertz CT molecular complexity index is 781. The SMILES string of the molecule is O=C(c1ccc(Nc2cccc(Cl)c2)cn1)N1CCC2(CC1)OCCO2. The van der Waals surface area contributed by atoms with Crippen LogP contribution in [0.15, 0.2) is 42.6 Å². The number of rotatable bonds is 3. The van der Waals surface area contributed by atoms with Crippen LogP contribution in [0.25, 0.3) is 0 Å². The first-order valence-corrected chi connectivity index (χ1v) is 9.07. The Hall–Kier alpha value is -2.15. The number of anilines is 2. The first kappa shape index (κ1) is 17.3. The monoisotopic (exact) mass is 373 g/mol. The fraction of sp³-hybridized carbons (Fsp3) is 0.368. The van der Waals surface area contributed by atoms with Gasteiger partial charge in [-0.3, -0.25) is 4.79 Å². The van der Waals surface area contributed by atoms with E-state index in [1.807, 2.05) is 35.2 Å². The molecule has 26 heavy (non-hydrogen) atoms. The molecule has 0 atom stereocenters. The van der Waals surface area contributed by atoms with Gasteiger partial charge in [-0.25, -0.2) is 4.98 Å². The number of benzene rings is 1. The molecule has 136 valence electrons. The predicted octanol–water partition coefficient (Wildman–Crippen LogP) is 3.46. The summed E-state index contributed by atoms with van der Waals surface area (Å²) in [5, 5.41) is 3.88. The van der Waals surface area contributed by atoms with Crippen LogP contribution in [0.5, 0.6) is 0 Å². The van der Waals surface area contributed by atoms with Gasteiger partial charge in [0.15, 0.2) is 5.79 Å². The highest BCUT2D eigenvalue weighted by atomic mass is 35.5. The van der Waals surface area contributed by atoms with E-state index in [1.165, 1.54) is 0 Å². The maximum absolute atomic E-state index is 12.7. The molecule has 4 rings (SSSR count). The van der Waals surface area contributed by atoms with Crippen LogP contribution in [0, 0.1) is 0 Å². The molecule has 0 unspecified atom stereocenters. The lowest BCUT2D eigenvalue weighted by molar-refractivity contribution is -0.181. The number of pyridine rings is 1. The van der Waals surface area contributed by atoms with Gasteiger partial charge < -0.3 is 19.7 Å². The summed E-state index contributed by atoms with van der Waals surface area (Å²) in [6, 6.07) is 11.0. The number of aromatic nitrogens is 1. The number of nitrogens with zero attached hydrogens (tertiary/aromatic N) is 2. The highest BCUT2D eigenvalue weighted by molar-refractivity contribution is 6.30. The minimum atomic E-state index is -0.477. The molecule has 0 bridgehead atoms. The van der Waals surface area contributed by atoms with E-state index < -0.39 is 5.79 Å². The second kappa shape index (κ2) is 7.23. The Kier molecular flexibility index (Phi) is 4.80. The van der Waals surface area contributed by atoms with Crippen molar-refractivity contribution in [2.45, 2.75) is 18.6 Å². The smallest absolute Gasteiger partial charge is 0.272 e. The van der Waals surface area contributed by atoms with E-state index in [4.69, 9.17) is 21.1 Å². The molecule has 2 saturated heterocycles. The van der Waals surface area contributed by atoms with Crippen LogP contribution < -0.4 is 5.32 Å². The lowest BCUT2D eigenvalue weighted by Crippen LogP contribution is -2.47. The molecule has 2 aliphatic heterocycles. The summed E-state index contributed by atoms with van der Waals surface area (Å²) in [6.07, 6.45) is 3.06. The largest absolute Gasteiger partial charge is 0.354 e. The molecule has 2 fully saturated rings. The van der Waals surface area contributed by atoms with Gasteiger partial charge in [-0.05, 0) is 30.3 Å². The van der Waals surface area contributed by atoms with Crippen LogP contribution in [0.3, 0.4) is 0 Å². The first-order valence-electron chi connectivity index (χ1n) is 8.69. The lowest BCUT2D eigenvalue weighted by atomic mass is 10.0. The van der Waals surface area contributed by atoms with Gasteiger partial charge in [0.2, 0.25) is 0 Å². The zero-order valence-corrected chi connectivity index (χ0v) is 15.0. The molecule has 3 heterocycles. The topological polar surface area (TPSA) is 63.7 Å². The molecule has 0 aliphatic carbocycles. The number of likely N-dealkylation sites (tertiary alicyclic amines) is 1. The molecule has 7 heteroatoms. The number of piperidine rings is 1. The predicted molar refractivity (Wildman–Crippen MR) is 98.7 cm³/mol. The molecule has 2 aliphatic rings. The second-order valence-corrected chi connectivity index (χ2v) is 6.90. The Morgan fingerprint density at radius 1 is 1.12 bits per heavy atom. The van der Waals surface area contributed by atoms with Gasteiger partial charge >= 0.3 is 0 Å². The van der Waals surface area contributed by atoms with Crippen molar-refractivity contribution in [3.8, 4) is 0 Å². The fourth-order valence-corrected chi connectivity index (χ4v) is 3.52. The van der Waals surface area contributed by atoms with E-state index in [-0.39, 0.29) is 5.91 Å². The molecule has 6 nitrogen and oxygen atoms in total. The minimum absolute atomic E-state index is 0.0628. The van der Waals surface area contributed by atoms with Crippen LogP contribution in [0.2, 0.25) is 5.02 Å². The molecule has 2 aromatic rings. The van der Waals surface area contributed by atoms with Gasteiger partial charge in [-0.2, -0.15) is 0 Å². The Balaban J connectivity index is 1.38. The highest BCUT2D eigenvalue weighted by Gasteiger charge is 2.40. The summed E-state index contributed by atoms with van der Waals surface area (Å²) < 4.78 is 11.4. The third kappa shape index (κ3) is 3.67. The molecular formula is C19H20ClN3O3. The summed E-state index contributed by atoms with van der Waals surface area (Å²) in [5.41, 5.74) is 2.11. The number of ether oxygens (including phenoxy) is 2. The van der Waals surface area contributed by atoms with Crippen molar-refractivity contribution in [2.24, 2.45) is 0 Å². The zero-order valence-electron chi connectivity index (χ0n) is 14.3. The third-order valence-electron chi connectivity index (χ3n) is 4.72. The molecule has 0 saturated carbocycles. The minimum Gasteiger partial charge on any atom is -0.354 e. The summed E-state index contributed by atoms with van der Waals surface area (Å²) in [6.45, 7) is 2.50. The van der Waals surface area contributed by atoms with Gasteiger partial charge in [0.25, 0.3) is 5.91 Å². The molecule has 1 aromatic heterocycles. The van der Waals surface area contributed by atoms with E-state index in [0.717, 1.165) is 11.4 Å². The van der Waals surface area contributed by atoms with Gasteiger partial charge in [0, 0.05) is 36.6 Å². The number of carbonyl (C=O) groups excluding carboxylic acids is 1. The van der Waals surface area contributed by atoms with Crippen LogP contribution in [-0.4, -0.2) is 47.9 Å². The Morgan fingerprint density at radius 3 is 2.54 bits per heavy atom. The van der Waals surface area contributed by atoms with Crippen LogP contribution >= 0.6 is 11.6 Å². The van der Waals surface area contributed by atoms with E-state index in [1.54, 1.807) is 12.3 Å². The maximum Gasteiger partial charge on any atom is 0.272 e.